The summed E-state index contributed by atoms with van der Waals surface area (Å²) in [6.07, 6.45) is 13.6. The van der Waals surface area contributed by atoms with Gasteiger partial charge in [-0.05, 0) is 88.8 Å². The lowest BCUT2D eigenvalue weighted by Gasteiger charge is -2.31. The van der Waals surface area contributed by atoms with Crippen molar-refractivity contribution in [3.63, 3.8) is 0 Å². The van der Waals surface area contributed by atoms with E-state index in [-0.39, 0.29) is 0 Å². The first-order chi connectivity index (χ1) is 18.5. The van der Waals surface area contributed by atoms with E-state index in [0.717, 1.165) is 85.7 Å². The molecular formula is C30H40N8. The maximum Gasteiger partial charge on any atom is 0.156 e. The van der Waals surface area contributed by atoms with E-state index < -0.39 is 0 Å². The summed E-state index contributed by atoms with van der Waals surface area (Å²) < 4.78 is 2.15. The smallest absolute Gasteiger partial charge is 0.156 e. The van der Waals surface area contributed by atoms with Gasteiger partial charge in [-0.2, -0.15) is 5.10 Å². The second-order valence-corrected chi connectivity index (χ2v) is 11.1. The van der Waals surface area contributed by atoms with Crippen molar-refractivity contribution in [1.29, 1.82) is 0 Å². The highest BCUT2D eigenvalue weighted by atomic mass is 15.3. The zero-order chi connectivity index (χ0) is 26.2. The van der Waals surface area contributed by atoms with Crippen LogP contribution in [-0.4, -0.2) is 79.3 Å². The predicted octanol–water partition coefficient (Wildman–Crippen LogP) is 5.22. The third kappa shape index (κ3) is 4.76. The molecule has 0 saturated carbocycles. The number of nitrogens with one attached hydrogen (secondary N) is 1. The minimum Gasteiger partial charge on any atom is -0.344 e. The molecule has 0 bridgehead atoms. The standard InChI is InChI=1S/C30H40N8/c1-5-25-28(21-7-11-36(4)12-8-21)20(3)15-26(34-25)27-18-32-30-29(35-27)24(17-31-30)22-16-33-38(19-22)23-9-13-37(6-2)14-10-23/h15-19,21,23H,5-14H2,1-4H3,(H,31,32). The van der Waals surface area contributed by atoms with Gasteiger partial charge in [0, 0.05) is 42.3 Å². The van der Waals surface area contributed by atoms with E-state index in [1.807, 2.05) is 18.6 Å². The molecule has 4 aromatic rings. The van der Waals surface area contributed by atoms with E-state index in [1.165, 1.54) is 29.7 Å². The number of fused-ring (bicyclic) bond motifs is 1. The van der Waals surface area contributed by atoms with Crippen LogP contribution in [0.3, 0.4) is 0 Å². The third-order valence-electron chi connectivity index (χ3n) is 8.74. The quantitative estimate of drug-likeness (QED) is 0.382. The van der Waals surface area contributed by atoms with E-state index in [4.69, 9.17) is 20.1 Å². The van der Waals surface area contributed by atoms with Crippen molar-refractivity contribution in [3.05, 3.63) is 47.7 Å². The first-order valence-corrected chi connectivity index (χ1v) is 14.3. The number of pyridine rings is 1. The lowest BCUT2D eigenvalue weighted by atomic mass is 9.85. The first-order valence-electron chi connectivity index (χ1n) is 14.3. The molecule has 6 rings (SSSR count). The number of hydrogen-bond acceptors (Lipinski definition) is 6. The zero-order valence-corrected chi connectivity index (χ0v) is 23.2. The van der Waals surface area contributed by atoms with Crippen molar-refractivity contribution in [3.8, 4) is 22.5 Å². The molecule has 0 aromatic carbocycles. The van der Waals surface area contributed by atoms with Crippen molar-refractivity contribution < 1.29 is 0 Å². The molecule has 2 fully saturated rings. The van der Waals surface area contributed by atoms with Crippen LogP contribution in [-0.2, 0) is 6.42 Å². The zero-order valence-electron chi connectivity index (χ0n) is 23.2. The number of rotatable bonds is 6. The number of H-pyrrole nitrogens is 1. The van der Waals surface area contributed by atoms with Crippen LogP contribution in [0.4, 0.5) is 0 Å². The van der Waals surface area contributed by atoms with E-state index in [0.29, 0.717) is 12.0 Å². The summed E-state index contributed by atoms with van der Waals surface area (Å²) >= 11 is 0. The minimum absolute atomic E-state index is 0.459. The molecule has 0 atom stereocenters. The topological polar surface area (TPSA) is 78.8 Å². The van der Waals surface area contributed by atoms with Gasteiger partial charge in [-0.15, -0.1) is 0 Å². The molecule has 0 amide bonds. The average Bonchev–Trinajstić information content (AvgIpc) is 3.60. The molecule has 4 aromatic heterocycles. The molecule has 0 spiro atoms. The second kappa shape index (κ2) is 10.6. The van der Waals surface area contributed by atoms with Gasteiger partial charge in [-0.1, -0.05) is 13.8 Å². The fraction of sp³-hybridized carbons (Fsp3) is 0.533. The molecule has 0 aliphatic carbocycles. The van der Waals surface area contributed by atoms with E-state index in [1.54, 1.807) is 0 Å². The Balaban J connectivity index is 1.30. The molecule has 2 saturated heterocycles. The third-order valence-corrected chi connectivity index (χ3v) is 8.74. The van der Waals surface area contributed by atoms with Gasteiger partial charge in [-0.25, -0.2) is 9.97 Å². The molecule has 0 unspecified atom stereocenters. The predicted molar refractivity (Wildman–Crippen MR) is 152 cm³/mol. The highest BCUT2D eigenvalue weighted by Crippen LogP contribution is 2.35. The van der Waals surface area contributed by atoms with Gasteiger partial charge in [0.25, 0.3) is 0 Å². The molecule has 8 heteroatoms. The van der Waals surface area contributed by atoms with E-state index in [9.17, 15) is 0 Å². The Kier molecular flexibility index (Phi) is 7.01. The summed E-state index contributed by atoms with van der Waals surface area (Å²) in [5.41, 5.74) is 9.52. The van der Waals surface area contributed by atoms with Crippen molar-refractivity contribution in [1.82, 2.24) is 39.5 Å². The summed E-state index contributed by atoms with van der Waals surface area (Å²) in [4.78, 5) is 23.2. The van der Waals surface area contributed by atoms with Crippen molar-refractivity contribution in [2.45, 2.75) is 64.8 Å². The van der Waals surface area contributed by atoms with Gasteiger partial charge in [0.2, 0.25) is 0 Å². The summed E-state index contributed by atoms with van der Waals surface area (Å²) in [6, 6.07) is 2.68. The van der Waals surface area contributed by atoms with Gasteiger partial charge in [-0.3, -0.25) is 9.67 Å². The van der Waals surface area contributed by atoms with Gasteiger partial charge in [0.15, 0.2) is 5.65 Å². The van der Waals surface area contributed by atoms with Crippen LogP contribution >= 0.6 is 0 Å². The van der Waals surface area contributed by atoms with Crippen molar-refractivity contribution in [2.75, 3.05) is 39.8 Å². The number of likely N-dealkylation sites (tertiary alicyclic amines) is 2. The monoisotopic (exact) mass is 512 g/mol. The van der Waals surface area contributed by atoms with Crippen LogP contribution in [0.5, 0.6) is 0 Å². The Morgan fingerprint density at radius 1 is 0.974 bits per heavy atom. The number of nitrogens with zero attached hydrogens (tertiary/aromatic N) is 7. The van der Waals surface area contributed by atoms with Crippen LogP contribution < -0.4 is 0 Å². The summed E-state index contributed by atoms with van der Waals surface area (Å²) in [5.74, 6) is 0.596. The van der Waals surface area contributed by atoms with Crippen LogP contribution in [0.25, 0.3) is 33.7 Å². The van der Waals surface area contributed by atoms with Gasteiger partial charge < -0.3 is 14.8 Å². The maximum absolute atomic E-state index is 5.14. The molecule has 2 aliphatic heterocycles. The number of aryl methyl sites for hydroxylation is 2. The van der Waals surface area contributed by atoms with Crippen LogP contribution in [0.1, 0.15) is 68.3 Å². The van der Waals surface area contributed by atoms with Gasteiger partial charge in [0.05, 0.1) is 24.1 Å². The summed E-state index contributed by atoms with van der Waals surface area (Å²) in [7, 11) is 2.22. The Labute approximate surface area is 225 Å². The fourth-order valence-corrected chi connectivity index (χ4v) is 6.42. The number of aromatic nitrogens is 6. The van der Waals surface area contributed by atoms with Gasteiger partial charge in [0.1, 0.15) is 11.2 Å². The SMILES string of the molecule is CCc1nc(-c2cnc3[nH]cc(-c4cnn(C5CCN(CC)CC5)c4)c3n2)cc(C)c1C1CCN(C)CC1. The molecule has 1 N–H and O–H groups in total. The Morgan fingerprint density at radius 3 is 2.50 bits per heavy atom. The molecule has 8 nitrogen and oxygen atoms in total. The number of piperidine rings is 2. The molecule has 38 heavy (non-hydrogen) atoms. The Hall–Kier alpha value is -3.10. The summed E-state index contributed by atoms with van der Waals surface area (Å²) in [6.45, 7) is 12.4. The molecule has 0 radical (unpaired) electrons. The van der Waals surface area contributed by atoms with E-state index in [2.05, 4.69) is 59.5 Å². The van der Waals surface area contributed by atoms with Crippen LogP contribution in [0, 0.1) is 6.92 Å². The van der Waals surface area contributed by atoms with Gasteiger partial charge >= 0.3 is 0 Å². The first kappa shape index (κ1) is 25.2. The second-order valence-electron chi connectivity index (χ2n) is 11.1. The highest BCUT2D eigenvalue weighted by molar-refractivity contribution is 5.91. The Bertz CT molecular complexity index is 1400. The molecular weight excluding hydrogens is 472 g/mol. The summed E-state index contributed by atoms with van der Waals surface area (Å²) in [5, 5.41) is 4.75. The largest absolute Gasteiger partial charge is 0.344 e. The van der Waals surface area contributed by atoms with Crippen LogP contribution in [0.15, 0.2) is 30.9 Å². The van der Waals surface area contributed by atoms with E-state index >= 15 is 0 Å². The highest BCUT2D eigenvalue weighted by Gasteiger charge is 2.24. The fourth-order valence-electron chi connectivity index (χ4n) is 6.42. The lowest BCUT2D eigenvalue weighted by molar-refractivity contribution is 0.187. The number of hydrogen-bond donors (Lipinski definition) is 1. The number of aromatic amines is 1. The van der Waals surface area contributed by atoms with Crippen LogP contribution in [0.2, 0.25) is 0 Å². The Morgan fingerprint density at radius 2 is 1.76 bits per heavy atom. The molecule has 2 aliphatic rings. The minimum atomic E-state index is 0.459. The van der Waals surface area contributed by atoms with Crippen molar-refractivity contribution >= 4 is 11.2 Å². The maximum atomic E-state index is 5.14. The van der Waals surface area contributed by atoms with Crippen molar-refractivity contribution in [2.24, 2.45) is 0 Å². The average molecular weight is 513 g/mol. The lowest BCUT2D eigenvalue weighted by Crippen LogP contribution is -2.34. The molecule has 200 valence electrons. The normalized spacial score (nSPS) is 18.5. The molecule has 6 heterocycles.